The SMILES string of the molecule is Cn1c(CC(O)C2CC3CCC2O3)nc2ccccc21. The van der Waals surface area contributed by atoms with Crippen LogP contribution in [-0.4, -0.2) is 33.0 Å². The highest BCUT2D eigenvalue weighted by atomic mass is 16.5. The first-order valence-electron chi connectivity index (χ1n) is 7.46. The van der Waals surface area contributed by atoms with Gasteiger partial charge in [-0.25, -0.2) is 4.98 Å². The predicted molar refractivity (Wildman–Crippen MR) is 76.4 cm³/mol. The summed E-state index contributed by atoms with van der Waals surface area (Å²) in [5.74, 6) is 1.25. The number of aryl methyl sites for hydroxylation is 1. The number of rotatable bonds is 3. The van der Waals surface area contributed by atoms with E-state index in [1.54, 1.807) is 0 Å². The number of nitrogens with zero attached hydrogens (tertiary/aromatic N) is 2. The maximum Gasteiger partial charge on any atom is 0.112 e. The summed E-state index contributed by atoms with van der Waals surface area (Å²) in [6, 6.07) is 8.11. The Morgan fingerprint density at radius 1 is 1.40 bits per heavy atom. The molecule has 0 spiro atoms. The number of para-hydroxylation sites is 2. The van der Waals surface area contributed by atoms with Gasteiger partial charge in [0.15, 0.2) is 0 Å². The molecular formula is C16H20N2O2. The summed E-state index contributed by atoms with van der Waals surface area (Å²) in [5.41, 5.74) is 2.13. The second-order valence-corrected chi connectivity index (χ2v) is 6.12. The van der Waals surface area contributed by atoms with Gasteiger partial charge in [0, 0.05) is 19.4 Å². The number of fused-ring (bicyclic) bond motifs is 3. The Balaban J connectivity index is 1.56. The molecule has 106 valence electrons. The number of hydrogen-bond acceptors (Lipinski definition) is 3. The lowest BCUT2D eigenvalue weighted by Crippen LogP contribution is -2.31. The first kappa shape index (κ1) is 12.4. The topological polar surface area (TPSA) is 47.3 Å². The maximum atomic E-state index is 10.5. The van der Waals surface area contributed by atoms with Crippen LogP contribution in [0.1, 0.15) is 25.1 Å². The van der Waals surface area contributed by atoms with Crippen molar-refractivity contribution >= 4 is 11.0 Å². The summed E-state index contributed by atoms with van der Waals surface area (Å²) < 4.78 is 7.94. The van der Waals surface area contributed by atoms with Crippen LogP contribution >= 0.6 is 0 Å². The van der Waals surface area contributed by atoms with Crippen molar-refractivity contribution in [1.82, 2.24) is 9.55 Å². The molecule has 1 N–H and O–H groups in total. The van der Waals surface area contributed by atoms with E-state index in [9.17, 15) is 5.11 Å². The van der Waals surface area contributed by atoms with Crippen molar-refractivity contribution < 1.29 is 9.84 Å². The van der Waals surface area contributed by atoms with E-state index in [2.05, 4.69) is 15.6 Å². The molecule has 4 rings (SSSR count). The Morgan fingerprint density at radius 3 is 2.95 bits per heavy atom. The van der Waals surface area contributed by atoms with E-state index in [1.165, 1.54) is 6.42 Å². The second kappa shape index (κ2) is 4.57. The van der Waals surface area contributed by atoms with E-state index in [0.717, 1.165) is 29.7 Å². The van der Waals surface area contributed by atoms with E-state index < -0.39 is 0 Å². The van der Waals surface area contributed by atoms with Gasteiger partial charge in [0.1, 0.15) is 5.82 Å². The van der Waals surface area contributed by atoms with Crippen LogP contribution in [0.2, 0.25) is 0 Å². The van der Waals surface area contributed by atoms with Crippen LogP contribution in [0.3, 0.4) is 0 Å². The zero-order valence-electron chi connectivity index (χ0n) is 11.7. The van der Waals surface area contributed by atoms with Crippen LogP contribution in [0.15, 0.2) is 24.3 Å². The van der Waals surface area contributed by atoms with Crippen molar-refractivity contribution in [2.75, 3.05) is 0 Å². The number of ether oxygens (including phenoxy) is 1. The number of hydrogen-bond donors (Lipinski definition) is 1. The Kier molecular flexibility index (Phi) is 2.82. The number of benzene rings is 1. The molecular weight excluding hydrogens is 252 g/mol. The Hall–Kier alpha value is -1.39. The minimum Gasteiger partial charge on any atom is -0.392 e. The standard InChI is InChI=1S/C16H20N2O2/c1-18-13-5-3-2-4-12(13)17-16(18)9-14(19)11-8-10-6-7-15(11)20-10/h2-5,10-11,14-15,19H,6-9H2,1H3. The number of aliphatic hydroxyl groups excluding tert-OH is 1. The molecule has 0 saturated carbocycles. The third-order valence-corrected chi connectivity index (χ3v) is 4.92. The van der Waals surface area contributed by atoms with Gasteiger partial charge in [0.25, 0.3) is 0 Å². The molecule has 0 aliphatic carbocycles. The highest BCUT2D eigenvalue weighted by molar-refractivity contribution is 5.75. The number of imidazole rings is 1. The van der Waals surface area contributed by atoms with Gasteiger partial charge in [0.05, 0.1) is 29.3 Å². The van der Waals surface area contributed by atoms with Crippen LogP contribution in [0.4, 0.5) is 0 Å². The van der Waals surface area contributed by atoms with Crippen molar-refractivity contribution in [2.24, 2.45) is 13.0 Å². The van der Waals surface area contributed by atoms with Gasteiger partial charge < -0.3 is 14.4 Å². The first-order chi connectivity index (χ1) is 9.72. The Labute approximate surface area is 118 Å². The molecule has 4 heteroatoms. The van der Waals surface area contributed by atoms with Crippen LogP contribution in [0, 0.1) is 5.92 Å². The largest absolute Gasteiger partial charge is 0.392 e. The maximum absolute atomic E-state index is 10.5. The molecule has 0 amide bonds. The quantitative estimate of drug-likeness (QED) is 0.930. The molecule has 4 unspecified atom stereocenters. The highest BCUT2D eigenvalue weighted by Crippen LogP contribution is 2.41. The second-order valence-electron chi connectivity index (χ2n) is 6.12. The third kappa shape index (κ3) is 1.86. The lowest BCUT2D eigenvalue weighted by Gasteiger charge is -2.24. The van der Waals surface area contributed by atoms with E-state index in [0.29, 0.717) is 12.5 Å². The van der Waals surface area contributed by atoms with Crippen molar-refractivity contribution in [2.45, 2.75) is 44.0 Å². The average molecular weight is 272 g/mol. The molecule has 2 aliphatic heterocycles. The predicted octanol–water partition coefficient (Wildman–Crippen LogP) is 2.04. The van der Waals surface area contributed by atoms with Crippen molar-refractivity contribution in [3.05, 3.63) is 30.1 Å². The monoisotopic (exact) mass is 272 g/mol. The van der Waals surface area contributed by atoms with Crippen LogP contribution < -0.4 is 0 Å². The fraction of sp³-hybridized carbons (Fsp3) is 0.562. The van der Waals surface area contributed by atoms with E-state index in [-0.39, 0.29) is 18.1 Å². The summed E-state index contributed by atoms with van der Waals surface area (Å²) in [5, 5.41) is 10.5. The smallest absolute Gasteiger partial charge is 0.112 e. The molecule has 1 aromatic carbocycles. The molecule has 0 radical (unpaired) electrons. The van der Waals surface area contributed by atoms with Crippen molar-refractivity contribution in [3.63, 3.8) is 0 Å². The Bertz CT molecular complexity index is 636. The van der Waals surface area contributed by atoms with Crippen molar-refractivity contribution in [1.29, 1.82) is 0 Å². The molecule has 3 heterocycles. The minimum atomic E-state index is -0.346. The first-order valence-corrected chi connectivity index (χ1v) is 7.46. The molecule has 4 atom stereocenters. The third-order valence-electron chi connectivity index (χ3n) is 4.92. The molecule has 2 fully saturated rings. The average Bonchev–Trinajstić information content (AvgIpc) is 3.15. The molecule has 20 heavy (non-hydrogen) atoms. The lowest BCUT2D eigenvalue weighted by molar-refractivity contribution is 0.0421. The van der Waals surface area contributed by atoms with E-state index in [4.69, 9.17) is 4.74 Å². The normalized spacial score (nSPS) is 30.2. The van der Waals surface area contributed by atoms with Gasteiger partial charge in [-0.1, -0.05) is 12.1 Å². The van der Waals surface area contributed by atoms with Gasteiger partial charge >= 0.3 is 0 Å². The summed E-state index contributed by atoms with van der Waals surface area (Å²) in [6.45, 7) is 0. The van der Waals surface area contributed by atoms with Crippen molar-refractivity contribution in [3.8, 4) is 0 Å². The molecule has 2 saturated heterocycles. The van der Waals surface area contributed by atoms with Crippen LogP contribution in [0.5, 0.6) is 0 Å². The molecule has 1 aromatic heterocycles. The Morgan fingerprint density at radius 2 is 2.25 bits per heavy atom. The van der Waals surface area contributed by atoms with E-state index >= 15 is 0 Å². The number of aliphatic hydroxyl groups is 1. The van der Waals surface area contributed by atoms with Gasteiger partial charge in [-0.3, -0.25) is 0 Å². The van der Waals surface area contributed by atoms with Gasteiger partial charge in [-0.15, -0.1) is 0 Å². The summed E-state index contributed by atoms with van der Waals surface area (Å²) in [7, 11) is 2.02. The summed E-state index contributed by atoms with van der Waals surface area (Å²) in [4.78, 5) is 4.65. The molecule has 2 aliphatic rings. The molecule has 4 nitrogen and oxygen atoms in total. The van der Waals surface area contributed by atoms with Gasteiger partial charge in [-0.2, -0.15) is 0 Å². The fourth-order valence-electron chi connectivity index (χ4n) is 3.80. The summed E-state index contributed by atoms with van der Waals surface area (Å²) in [6.07, 6.45) is 4.21. The molecule has 2 bridgehead atoms. The van der Waals surface area contributed by atoms with Crippen LogP contribution in [-0.2, 0) is 18.2 Å². The zero-order valence-corrected chi connectivity index (χ0v) is 11.7. The highest BCUT2D eigenvalue weighted by Gasteiger charge is 2.44. The molecule has 2 aromatic rings. The zero-order chi connectivity index (χ0) is 13.7. The minimum absolute atomic E-state index is 0.268. The van der Waals surface area contributed by atoms with Gasteiger partial charge in [-0.05, 0) is 31.4 Å². The summed E-state index contributed by atoms with van der Waals surface area (Å²) >= 11 is 0. The van der Waals surface area contributed by atoms with Crippen LogP contribution in [0.25, 0.3) is 11.0 Å². The van der Waals surface area contributed by atoms with Gasteiger partial charge in [0.2, 0.25) is 0 Å². The number of aromatic nitrogens is 2. The van der Waals surface area contributed by atoms with E-state index in [1.807, 2.05) is 25.2 Å². The lowest BCUT2D eigenvalue weighted by atomic mass is 9.84. The fourth-order valence-corrected chi connectivity index (χ4v) is 3.80.